The molecule has 0 radical (unpaired) electrons. The number of benzene rings is 2. The van der Waals surface area contributed by atoms with Gasteiger partial charge in [0, 0.05) is 12.0 Å². The molecule has 0 aliphatic heterocycles. The molecular formula is C18H19NO4. The monoisotopic (exact) mass is 313 g/mol. The molecule has 2 rings (SSSR count). The average molecular weight is 313 g/mol. The molecular weight excluding hydrogens is 294 g/mol. The first-order valence-electron chi connectivity index (χ1n) is 7.40. The summed E-state index contributed by atoms with van der Waals surface area (Å²) in [6.45, 7) is 2.35. The number of nitrogens with one attached hydrogen (secondary N) is 1. The molecule has 120 valence electrons. The van der Waals surface area contributed by atoms with Gasteiger partial charge in [-0.1, -0.05) is 36.4 Å². The van der Waals surface area contributed by atoms with E-state index in [0.29, 0.717) is 17.9 Å². The van der Waals surface area contributed by atoms with Gasteiger partial charge in [-0.25, -0.2) is 4.79 Å². The van der Waals surface area contributed by atoms with Crippen molar-refractivity contribution in [1.82, 2.24) is 5.32 Å². The fraction of sp³-hybridized carbons (Fsp3) is 0.222. The fourth-order valence-corrected chi connectivity index (χ4v) is 2.19. The first-order valence-corrected chi connectivity index (χ1v) is 7.40. The summed E-state index contributed by atoms with van der Waals surface area (Å²) in [5.41, 5.74) is 1.22. The summed E-state index contributed by atoms with van der Waals surface area (Å²) in [6.07, 6.45) is 0.229. The number of rotatable bonds is 7. The van der Waals surface area contributed by atoms with E-state index < -0.39 is 17.9 Å². The summed E-state index contributed by atoms with van der Waals surface area (Å²) >= 11 is 0. The maximum atomic E-state index is 12.3. The Kier molecular flexibility index (Phi) is 5.74. The minimum Gasteiger partial charge on any atom is -0.494 e. The van der Waals surface area contributed by atoms with Gasteiger partial charge in [0.05, 0.1) is 6.61 Å². The molecule has 2 aromatic carbocycles. The highest BCUT2D eigenvalue weighted by Crippen LogP contribution is 2.13. The van der Waals surface area contributed by atoms with Crippen LogP contribution in [0.3, 0.4) is 0 Å². The highest BCUT2D eigenvalue weighted by atomic mass is 16.5. The summed E-state index contributed by atoms with van der Waals surface area (Å²) in [7, 11) is 0. The Morgan fingerprint density at radius 3 is 2.52 bits per heavy atom. The molecule has 0 saturated heterocycles. The van der Waals surface area contributed by atoms with Gasteiger partial charge < -0.3 is 15.2 Å². The third-order valence-electron chi connectivity index (χ3n) is 3.29. The van der Waals surface area contributed by atoms with Gasteiger partial charge in [-0.05, 0) is 30.7 Å². The van der Waals surface area contributed by atoms with Crippen LogP contribution in [-0.2, 0) is 11.2 Å². The summed E-state index contributed by atoms with van der Waals surface area (Å²) < 4.78 is 5.35. The fourth-order valence-electron chi connectivity index (χ4n) is 2.19. The summed E-state index contributed by atoms with van der Waals surface area (Å²) in [4.78, 5) is 23.7. The highest BCUT2D eigenvalue weighted by molar-refractivity contribution is 5.96. The highest BCUT2D eigenvalue weighted by Gasteiger charge is 2.21. The van der Waals surface area contributed by atoms with Crippen LogP contribution < -0.4 is 10.1 Å². The number of hydrogen-bond acceptors (Lipinski definition) is 3. The number of aliphatic carboxylic acids is 1. The van der Waals surface area contributed by atoms with Gasteiger partial charge in [0.2, 0.25) is 0 Å². The lowest BCUT2D eigenvalue weighted by molar-refractivity contribution is -0.139. The van der Waals surface area contributed by atoms with E-state index in [9.17, 15) is 14.7 Å². The molecule has 0 aromatic heterocycles. The van der Waals surface area contributed by atoms with E-state index in [4.69, 9.17) is 4.74 Å². The van der Waals surface area contributed by atoms with Crippen molar-refractivity contribution in [2.45, 2.75) is 19.4 Å². The van der Waals surface area contributed by atoms with Gasteiger partial charge in [0.15, 0.2) is 0 Å². The zero-order valence-electron chi connectivity index (χ0n) is 12.9. The van der Waals surface area contributed by atoms with Crippen LogP contribution in [0.25, 0.3) is 0 Å². The molecule has 1 amide bonds. The van der Waals surface area contributed by atoms with Gasteiger partial charge >= 0.3 is 5.97 Å². The average Bonchev–Trinajstić information content (AvgIpc) is 2.55. The van der Waals surface area contributed by atoms with E-state index in [-0.39, 0.29) is 6.42 Å². The van der Waals surface area contributed by atoms with Crippen molar-refractivity contribution in [3.05, 3.63) is 65.7 Å². The lowest BCUT2D eigenvalue weighted by atomic mass is 10.1. The Balaban J connectivity index is 2.09. The number of ether oxygens (including phenoxy) is 1. The van der Waals surface area contributed by atoms with E-state index in [2.05, 4.69) is 5.32 Å². The largest absolute Gasteiger partial charge is 0.494 e. The molecule has 1 atom stereocenters. The standard InChI is InChI=1S/C18H19NO4/c1-2-23-15-10-6-9-14(12-15)17(20)19-16(18(21)22)11-13-7-4-3-5-8-13/h3-10,12,16H,2,11H2,1H3,(H,19,20)(H,21,22). The van der Waals surface area contributed by atoms with Crippen LogP contribution in [0.4, 0.5) is 0 Å². The lowest BCUT2D eigenvalue weighted by Gasteiger charge is -2.15. The smallest absolute Gasteiger partial charge is 0.326 e. The van der Waals surface area contributed by atoms with Crippen LogP contribution in [0.5, 0.6) is 5.75 Å². The minimum absolute atomic E-state index is 0.229. The number of hydrogen-bond donors (Lipinski definition) is 2. The van der Waals surface area contributed by atoms with Gasteiger partial charge in [-0.2, -0.15) is 0 Å². The topological polar surface area (TPSA) is 75.6 Å². The van der Waals surface area contributed by atoms with Crippen LogP contribution >= 0.6 is 0 Å². The number of carboxylic acid groups (broad SMARTS) is 1. The molecule has 23 heavy (non-hydrogen) atoms. The Hall–Kier alpha value is -2.82. The maximum absolute atomic E-state index is 12.3. The van der Waals surface area contributed by atoms with Crippen LogP contribution in [0.2, 0.25) is 0 Å². The molecule has 0 bridgehead atoms. The number of carbonyl (C=O) groups is 2. The Bertz CT molecular complexity index is 670. The van der Waals surface area contributed by atoms with Crippen molar-refractivity contribution in [3.8, 4) is 5.75 Å². The number of carbonyl (C=O) groups excluding carboxylic acids is 1. The number of carboxylic acids is 1. The van der Waals surface area contributed by atoms with Crippen molar-refractivity contribution >= 4 is 11.9 Å². The van der Waals surface area contributed by atoms with Crippen LogP contribution in [-0.4, -0.2) is 29.6 Å². The zero-order chi connectivity index (χ0) is 16.7. The first kappa shape index (κ1) is 16.5. The SMILES string of the molecule is CCOc1cccc(C(=O)NC(Cc2ccccc2)C(=O)O)c1. The van der Waals surface area contributed by atoms with E-state index in [0.717, 1.165) is 5.56 Å². The van der Waals surface area contributed by atoms with E-state index >= 15 is 0 Å². The summed E-state index contributed by atoms with van der Waals surface area (Å²) in [6, 6.07) is 14.9. The maximum Gasteiger partial charge on any atom is 0.326 e. The van der Waals surface area contributed by atoms with Crippen molar-refractivity contribution in [2.24, 2.45) is 0 Å². The summed E-state index contributed by atoms with van der Waals surface area (Å²) in [5.74, 6) is -0.923. The molecule has 0 spiro atoms. The molecule has 1 unspecified atom stereocenters. The molecule has 5 heteroatoms. The number of amides is 1. The van der Waals surface area contributed by atoms with Crippen LogP contribution in [0.1, 0.15) is 22.8 Å². The predicted molar refractivity (Wildman–Crippen MR) is 86.6 cm³/mol. The lowest BCUT2D eigenvalue weighted by Crippen LogP contribution is -2.42. The Morgan fingerprint density at radius 1 is 1.13 bits per heavy atom. The second kappa shape index (κ2) is 7.98. The molecule has 5 nitrogen and oxygen atoms in total. The van der Waals surface area contributed by atoms with Crippen molar-refractivity contribution in [1.29, 1.82) is 0 Å². The van der Waals surface area contributed by atoms with Crippen LogP contribution in [0, 0.1) is 0 Å². The molecule has 2 aromatic rings. The van der Waals surface area contributed by atoms with Gasteiger partial charge in [0.25, 0.3) is 5.91 Å². The van der Waals surface area contributed by atoms with E-state index in [1.165, 1.54) is 0 Å². The predicted octanol–water partition coefficient (Wildman–Crippen LogP) is 2.51. The van der Waals surface area contributed by atoms with Gasteiger partial charge in [-0.3, -0.25) is 4.79 Å². The molecule has 0 heterocycles. The molecule has 0 aliphatic carbocycles. The normalized spacial score (nSPS) is 11.5. The zero-order valence-corrected chi connectivity index (χ0v) is 12.9. The van der Waals surface area contributed by atoms with Gasteiger partial charge in [0.1, 0.15) is 11.8 Å². The molecule has 0 aliphatic rings. The Labute approximate surface area is 134 Å². The second-order valence-corrected chi connectivity index (χ2v) is 5.01. The summed E-state index contributed by atoms with van der Waals surface area (Å²) in [5, 5.41) is 11.9. The molecule has 0 fully saturated rings. The second-order valence-electron chi connectivity index (χ2n) is 5.01. The molecule has 0 saturated carbocycles. The molecule has 2 N–H and O–H groups in total. The minimum atomic E-state index is -1.07. The van der Waals surface area contributed by atoms with Gasteiger partial charge in [-0.15, -0.1) is 0 Å². The third-order valence-corrected chi connectivity index (χ3v) is 3.29. The third kappa shape index (κ3) is 4.85. The van der Waals surface area contributed by atoms with Crippen molar-refractivity contribution in [3.63, 3.8) is 0 Å². The van der Waals surface area contributed by atoms with Crippen molar-refractivity contribution in [2.75, 3.05) is 6.61 Å². The van der Waals surface area contributed by atoms with E-state index in [1.54, 1.807) is 24.3 Å². The van der Waals surface area contributed by atoms with E-state index in [1.807, 2.05) is 37.3 Å². The Morgan fingerprint density at radius 2 is 1.87 bits per heavy atom. The van der Waals surface area contributed by atoms with Crippen molar-refractivity contribution < 1.29 is 19.4 Å². The van der Waals surface area contributed by atoms with Crippen LogP contribution in [0.15, 0.2) is 54.6 Å². The first-order chi connectivity index (χ1) is 11.1. The quantitative estimate of drug-likeness (QED) is 0.823.